The van der Waals surface area contributed by atoms with E-state index in [1.807, 2.05) is 18.3 Å². The number of rotatable bonds is 1. The van der Waals surface area contributed by atoms with Crippen LogP contribution in [0.1, 0.15) is 49.1 Å². The molecule has 0 atom stereocenters. The van der Waals surface area contributed by atoms with Crippen molar-refractivity contribution in [3.05, 3.63) is 35.5 Å². The van der Waals surface area contributed by atoms with Crippen LogP contribution >= 0.6 is 0 Å². The highest BCUT2D eigenvalue weighted by molar-refractivity contribution is 5.85. The van der Waals surface area contributed by atoms with Gasteiger partial charge in [0.15, 0.2) is 0 Å². The predicted octanol–water partition coefficient (Wildman–Crippen LogP) is 4.09. The van der Waals surface area contributed by atoms with Crippen molar-refractivity contribution in [1.82, 2.24) is 4.98 Å². The quantitative estimate of drug-likeness (QED) is 0.778. The fourth-order valence-electron chi connectivity index (χ4n) is 3.09. The summed E-state index contributed by atoms with van der Waals surface area (Å²) in [6.07, 6.45) is 8.39. The van der Waals surface area contributed by atoms with Gasteiger partial charge in [0.1, 0.15) is 0 Å². The van der Waals surface area contributed by atoms with Crippen LogP contribution in [0.5, 0.6) is 0 Å². The maximum atomic E-state index is 9.29. The minimum absolute atomic E-state index is 0.581. The van der Waals surface area contributed by atoms with Gasteiger partial charge in [0.05, 0.1) is 11.6 Å². The summed E-state index contributed by atoms with van der Waals surface area (Å²) in [5.41, 5.74) is 3.31. The molecule has 1 aliphatic carbocycles. The molecule has 2 heteroatoms. The summed E-state index contributed by atoms with van der Waals surface area (Å²) >= 11 is 0. The molecular weight excluding hydrogens is 208 g/mol. The Labute approximate surface area is 101 Å². The molecule has 0 bridgehead atoms. The van der Waals surface area contributed by atoms with Gasteiger partial charge < -0.3 is 4.98 Å². The van der Waals surface area contributed by atoms with E-state index in [-0.39, 0.29) is 0 Å². The van der Waals surface area contributed by atoms with Gasteiger partial charge in [0.2, 0.25) is 0 Å². The minimum Gasteiger partial charge on any atom is -0.361 e. The Morgan fingerprint density at radius 3 is 2.71 bits per heavy atom. The van der Waals surface area contributed by atoms with Crippen LogP contribution in [0.2, 0.25) is 0 Å². The fraction of sp³-hybridized carbons (Fsp3) is 0.400. The lowest BCUT2D eigenvalue weighted by Crippen LogP contribution is -2.06. The van der Waals surface area contributed by atoms with Gasteiger partial charge in [0, 0.05) is 17.1 Å². The van der Waals surface area contributed by atoms with Crippen LogP contribution in [0.3, 0.4) is 0 Å². The Morgan fingerprint density at radius 2 is 1.94 bits per heavy atom. The van der Waals surface area contributed by atoms with E-state index in [1.54, 1.807) is 0 Å². The van der Waals surface area contributed by atoms with Crippen LogP contribution in [-0.4, -0.2) is 4.98 Å². The summed E-state index contributed by atoms with van der Waals surface area (Å²) in [4.78, 5) is 3.24. The SMILES string of the molecule is N#Cc1ccc2[nH]ccc2c1C1CCCCC1. The Morgan fingerprint density at radius 1 is 1.12 bits per heavy atom. The van der Waals surface area contributed by atoms with Crippen molar-refractivity contribution in [1.29, 1.82) is 5.26 Å². The molecule has 0 spiro atoms. The van der Waals surface area contributed by atoms with Crippen LogP contribution in [0.15, 0.2) is 24.4 Å². The maximum absolute atomic E-state index is 9.29. The second-order valence-corrected chi connectivity index (χ2v) is 4.91. The molecule has 1 saturated carbocycles. The highest BCUT2D eigenvalue weighted by atomic mass is 14.7. The molecule has 1 aliphatic rings. The van der Waals surface area contributed by atoms with E-state index in [0.29, 0.717) is 5.92 Å². The normalized spacial score (nSPS) is 17.1. The lowest BCUT2D eigenvalue weighted by Gasteiger charge is -2.23. The van der Waals surface area contributed by atoms with Crippen LogP contribution in [0.4, 0.5) is 0 Å². The average molecular weight is 224 g/mol. The summed E-state index contributed by atoms with van der Waals surface area (Å²) in [5, 5.41) is 10.5. The van der Waals surface area contributed by atoms with Gasteiger partial charge in [-0.2, -0.15) is 5.26 Å². The van der Waals surface area contributed by atoms with Gasteiger partial charge in [0.25, 0.3) is 0 Å². The molecular formula is C15H16N2. The fourth-order valence-corrected chi connectivity index (χ4v) is 3.09. The van der Waals surface area contributed by atoms with E-state index >= 15 is 0 Å². The lowest BCUT2D eigenvalue weighted by molar-refractivity contribution is 0.445. The highest BCUT2D eigenvalue weighted by Crippen LogP contribution is 2.38. The largest absolute Gasteiger partial charge is 0.361 e. The number of hydrogen-bond donors (Lipinski definition) is 1. The zero-order chi connectivity index (χ0) is 11.7. The van der Waals surface area contributed by atoms with Crippen molar-refractivity contribution >= 4 is 10.9 Å². The second-order valence-electron chi connectivity index (χ2n) is 4.91. The van der Waals surface area contributed by atoms with Crippen LogP contribution in [-0.2, 0) is 0 Å². The summed E-state index contributed by atoms with van der Waals surface area (Å²) < 4.78 is 0. The summed E-state index contributed by atoms with van der Waals surface area (Å²) in [6, 6.07) is 8.45. The number of aromatic nitrogens is 1. The first-order valence-corrected chi connectivity index (χ1v) is 6.40. The van der Waals surface area contributed by atoms with Gasteiger partial charge >= 0.3 is 0 Å². The van der Waals surface area contributed by atoms with Gasteiger partial charge in [-0.3, -0.25) is 0 Å². The van der Waals surface area contributed by atoms with Gasteiger partial charge in [-0.15, -0.1) is 0 Å². The maximum Gasteiger partial charge on any atom is 0.0994 e. The van der Waals surface area contributed by atoms with E-state index in [0.717, 1.165) is 11.1 Å². The third kappa shape index (κ3) is 1.72. The zero-order valence-electron chi connectivity index (χ0n) is 9.87. The Kier molecular flexibility index (Phi) is 2.60. The minimum atomic E-state index is 0.581. The first-order valence-electron chi connectivity index (χ1n) is 6.40. The predicted molar refractivity (Wildman–Crippen MR) is 68.8 cm³/mol. The van der Waals surface area contributed by atoms with Crippen molar-refractivity contribution in [2.75, 3.05) is 0 Å². The molecule has 1 aromatic carbocycles. The summed E-state index contributed by atoms with van der Waals surface area (Å²) in [7, 11) is 0. The van der Waals surface area contributed by atoms with Crippen LogP contribution < -0.4 is 0 Å². The number of fused-ring (bicyclic) bond motifs is 1. The second kappa shape index (κ2) is 4.25. The molecule has 0 saturated heterocycles. The van der Waals surface area contributed by atoms with Crippen LogP contribution in [0, 0.1) is 11.3 Å². The van der Waals surface area contributed by atoms with Crippen molar-refractivity contribution in [2.45, 2.75) is 38.0 Å². The molecule has 0 amide bonds. The van der Waals surface area contributed by atoms with E-state index in [4.69, 9.17) is 0 Å². The molecule has 0 unspecified atom stereocenters. The highest BCUT2D eigenvalue weighted by Gasteiger charge is 2.21. The van der Waals surface area contributed by atoms with E-state index in [2.05, 4.69) is 17.1 Å². The first-order chi connectivity index (χ1) is 8.40. The van der Waals surface area contributed by atoms with Crippen molar-refractivity contribution in [3.63, 3.8) is 0 Å². The van der Waals surface area contributed by atoms with Gasteiger partial charge in [-0.25, -0.2) is 0 Å². The molecule has 1 aromatic heterocycles. The molecule has 0 aliphatic heterocycles. The molecule has 17 heavy (non-hydrogen) atoms. The number of hydrogen-bond acceptors (Lipinski definition) is 1. The molecule has 0 radical (unpaired) electrons. The van der Waals surface area contributed by atoms with Crippen molar-refractivity contribution in [2.24, 2.45) is 0 Å². The smallest absolute Gasteiger partial charge is 0.0994 e. The van der Waals surface area contributed by atoms with Crippen molar-refractivity contribution < 1.29 is 0 Å². The number of H-pyrrole nitrogens is 1. The number of nitriles is 1. The first kappa shape index (κ1) is 10.4. The average Bonchev–Trinajstić information content (AvgIpc) is 2.86. The molecule has 1 N–H and O–H groups in total. The molecule has 1 fully saturated rings. The Bertz CT molecular complexity index is 568. The number of nitrogens with zero attached hydrogens (tertiary/aromatic N) is 1. The zero-order valence-corrected chi connectivity index (χ0v) is 9.87. The summed E-state index contributed by atoms with van der Waals surface area (Å²) in [5.74, 6) is 0.581. The number of benzene rings is 1. The number of aromatic amines is 1. The lowest BCUT2D eigenvalue weighted by atomic mass is 9.81. The Hall–Kier alpha value is -1.75. The molecule has 2 aromatic rings. The van der Waals surface area contributed by atoms with Crippen LogP contribution in [0.25, 0.3) is 10.9 Å². The topological polar surface area (TPSA) is 39.6 Å². The van der Waals surface area contributed by atoms with E-state index in [9.17, 15) is 5.26 Å². The molecule has 2 nitrogen and oxygen atoms in total. The van der Waals surface area contributed by atoms with Gasteiger partial charge in [-0.1, -0.05) is 19.3 Å². The summed E-state index contributed by atoms with van der Waals surface area (Å²) in [6.45, 7) is 0. The van der Waals surface area contributed by atoms with Gasteiger partial charge in [-0.05, 0) is 42.5 Å². The van der Waals surface area contributed by atoms with E-state index in [1.165, 1.54) is 43.1 Å². The molecule has 3 rings (SSSR count). The monoisotopic (exact) mass is 224 g/mol. The Balaban J connectivity index is 2.17. The standard InChI is InChI=1S/C15H16N2/c16-10-12-6-7-14-13(8-9-17-14)15(12)11-4-2-1-3-5-11/h6-9,11,17H,1-5H2. The third-order valence-electron chi connectivity index (χ3n) is 3.91. The molecule has 1 heterocycles. The van der Waals surface area contributed by atoms with E-state index < -0.39 is 0 Å². The number of nitrogens with one attached hydrogen (secondary N) is 1. The molecule has 86 valence electrons. The van der Waals surface area contributed by atoms with Crippen molar-refractivity contribution in [3.8, 4) is 6.07 Å². The third-order valence-corrected chi connectivity index (χ3v) is 3.91.